The van der Waals surface area contributed by atoms with E-state index in [4.69, 9.17) is 18.5 Å². The molecular weight excluding hydrogens is 557 g/mol. The van der Waals surface area contributed by atoms with Gasteiger partial charge in [-0.3, -0.25) is 4.57 Å². The van der Waals surface area contributed by atoms with Crippen molar-refractivity contribution in [1.29, 1.82) is 0 Å². The van der Waals surface area contributed by atoms with Gasteiger partial charge in [0.1, 0.15) is 11.6 Å². The Labute approximate surface area is 244 Å². The molecule has 1 heterocycles. The average Bonchev–Trinajstić information content (AvgIpc) is 2.90. The van der Waals surface area contributed by atoms with Crippen molar-refractivity contribution >= 4 is 27.7 Å². The number of rotatable bonds is 13. The van der Waals surface area contributed by atoms with E-state index in [0.717, 1.165) is 16.9 Å². The molecule has 2 N–H and O–H groups in total. The van der Waals surface area contributed by atoms with Crippen molar-refractivity contribution in [3.8, 4) is 17.0 Å². The fourth-order valence-corrected chi connectivity index (χ4v) is 6.61. The summed E-state index contributed by atoms with van der Waals surface area (Å²) < 4.78 is 30.9. The first kappa shape index (κ1) is 32.5. The van der Waals surface area contributed by atoms with Crippen LogP contribution >= 0.6 is 7.60 Å². The van der Waals surface area contributed by atoms with E-state index in [1.807, 2.05) is 54.6 Å². The van der Waals surface area contributed by atoms with Crippen LogP contribution in [0.3, 0.4) is 0 Å². The summed E-state index contributed by atoms with van der Waals surface area (Å²) in [5, 5.41) is 11.0. The molecule has 3 aromatic rings. The van der Waals surface area contributed by atoms with Crippen LogP contribution in [0.25, 0.3) is 11.3 Å². The lowest BCUT2D eigenvalue weighted by Crippen LogP contribution is -2.45. The molecule has 222 valence electrons. The van der Waals surface area contributed by atoms with E-state index in [1.54, 1.807) is 20.0 Å². The summed E-state index contributed by atoms with van der Waals surface area (Å²) in [4.78, 5) is 22.0. The van der Waals surface area contributed by atoms with Crippen molar-refractivity contribution in [2.75, 3.05) is 18.5 Å². The number of carboxylic acids is 1. The van der Waals surface area contributed by atoms with E-state index in [-0.39, 0.29) is 24.1 Å². The summed E-state index contributed by atoms with van der Waals surface area (Å²) in [6.45, 7) is 15.6. The van der Waals surface area contributed by atoms with Crippen LogP contribution in [0.4, 0.5) is 5.82 Å². The highest BCUT2D eigenvalue weighted by Crippen LogP contribution is 2.60. The molecule has 11 heteroatoms. The normalized spacial score (nSPS) is 13.9. The molecule has 0 amide bonds. The van der Waals surface area contributed by atoms with Crippen molar-refractivity contribution in [3.05, 3.63) is 72.1 Å². The predicted molar refractivity (Wildman–Crippen MR) is 165 cm³/mol. The highest BCUT2D eigenvalue weighted by Gasteiger charge is 2.54. The molecule has 0 aliphatic rings. The summed E-state index contributed by atoms with van der Waals surface area (Å²) in [6, 6.07) is 17.4. The van der Waals surface area contributed by atoms with Crippen LogP contribution in [0.5, 0.6) is 5.75 Å². The number of hydrogen-bond donors (Lipinski definition) is 2. The maximum atomic E-state index is 13.7. The van der Waals surface area contributed by atoms with E-state index in [9.17, 15) is 14.5 Å². The second kappa shape index (κ2) is 12.9. The van der Waals surface area contributed by atoms with Crippen LogP contribution in [-0.2, 0) is 24.8 Å². The molecule has 0 bridgehead atoms. The smallest absolute Gasteiger partial charge is 0.367 e. The monoisotopic (exact) mass is 599 g/mol. The fourth-order valence-electron chi connectivity index (χ4n) is 3.83. The van der Waals surface area contributed by atoms with Crippen molar-refractivity contribution in [2.24, 2.45) is 0 Å². The van der Waals surface area contributed by atoms with Gasteiger partial charge in [0.25, 0.3) is 0 Å². The van der Waals surface area contributed by atoms with E-state index in [1.165, 1.54) is 6.92 Å². The van der Waals surface area contributed by atoms with Gasteiger partial charge in [0, 0.05) is 12.0 Å². The molecule has 0 aliphatic heterocycles. The standard InChI is InChI=1S/C30H42N3O6PSi/c1-9-37-40(36,38-10-2)30(6,28(34)35)33-27-25(20-22-14-12-11-13-15-22)32-26(21-31-27)23-16-18-24(19-17-23)39-41(7,8)29(3,4)5/h11-19,21H,9-10,20H2,1-8H3,(H,31,33)(H,34,35). The minimum absolute atomic E-state index is 0.0124. The zero-order valence-corrected chi connectivity index (χ0v) is 27.1. The van der Waals surface area contributed by atoms with Gasteiger partial charge in [0.15, 0.2) is 0 Å². The van der Waals surface area contributed by atoms with Crippen molar-refractivity contribution < 1.29 is 27.9 Å². The molecule has 41 heavy (non-hydrogen) atoms. The molecule has 0 radical (unpaired) electrons. The third-order valence-electron chi connectivity index (χ3n) is 7.31. The maximum Gasteiger partial charge on any atom is 0.367 e. The number of aromatic nitrogens is 2. The lowest BCUT2D eigenvalue weighted by molar-refractivity contribution is -0.139. The van der Waals surface area contributed by atoms with Crippen LogP contribution in [0, 0.1) is 0 Å². The highest BCUT2D eigenvalue weighted by atomic mass is 31.2. The Kier molecular flexibility index (Phi) is 10.2. The van der Waals surface area contributed by atoms with Gasteiger partial charge in [-0.15, -0.1) is 0 Å². The number of aliphatic carboxylic acids is 1. The van der Waals surface area contributed by atoms with Gasteiger partial charge in [-0.2, -0.15) is 0 Å². The van der Waals surface area contributed by atoms with Crippen LogP contribution in [0.15, 0.2) is 60.8 Å². The number of nitrogens with zero attached hydrogens (tertiary/aromatic N) is 2. The van der Waals surface area contributed by atoms with Crippen LogP contribution < -0.4 is 9.74 Å². The summed E-state index contributed by atoms with van der Waals surface area (Å²) in [6.07, 6.45) is 1.93. The van der Waals surface area contributed by atoms with E-state index >= 15 is 0 Å². The van der Waals surface area contributed by atoms with E-state index in [2.05, 4.69) is 44.2 Å². The summed E-state index contributed by atoms with van der Waals surface area (Å²) in [5.74, 6) is -0.410. The minimum atomic E-state index is -4.16. The lowest BCUT2D eigenvalue weighted by atomic mass is 10.1. The zero-order valence-electron chi connectivity index (χ0n) is 25.2. The first-order valence-electron chi connectivity index (χ1n) is 13.8. The second-order valence-corrected chi connectivity index (χ2v) is 18.6. The number of carboxylic acid groups (broad SMARTS) is 1. The number of benzene rings is 2. The van der Waals surface area contributed by atoms with Crippen molar-refractivity contribution in [1.82, 2.24) is 9.97 Å². The molecule has 3 rings (SSSR count). The Hall–Kier alpha value is -3.04. The Balaban J connectivity index is 2.04. The average molecular weight is 600 g/mol. The third kappa shape index (κ3) is 7.43. The topological polar surface area (TPSA) is 120 Å². The predicted octanol–water partition coefficient (Wildman–Crippen LogP) is 7.60. The molecule has 1 unspecified atom stereocenters. The van der Waals surface area contributed by atoms with Gasteiger partial charge in [-0.25, -0.2) is 14.8 Å². The van der Waals surface area contributed by atoms with Gasteiger partial charge < -0.3 is 23.9 Å². The Bertz CT molecular complexity index is 1370. The Morgan fingerprint density at radius 3 is 2.07 bits per heavy atom. The molecule has 0 saturated carbocycles. The number of hydrogen-bond acceptors (Lipinski definition) is 8. The summed E-state index contributed by atoms with van der Waals surface area (Å²) >= 11 is 0. The molecule has 0 fully saturated rings. The molecule has 0 saturated heterocycles. The Morgan fingerprint density at radius 2 is 1.56 bits per heavy atom. The molecule has 1 aromatic heterocycles. The molecule has 0 aliphatic carbocycles. The van der Waals surface area contributed by atoms with Gasteiger partial charge in [-0.1, -0.05) is 51.1 Å². The minimum Gasteiger partial charge on any atom is -0.544 e. The summed E-state index contributed by atoms with van der Waals surface area (Å²) in [7, 11) is -6.15. The van der Waals surface area contributed by atoms with Crippen LogP contribution in [-0.4, -0.2) is 47.9 Å². The highest BCUT2D eigenvalue weighted by molar-refractivity contribution is 7.57. The maximum absolute atomic E-state index is 13.7. The van der Waals surface area contributed by atoms with Gasteiger partial charge >= 0.3 is 13.6 Å². The fraction of sp³-hybridized carbons (Fsp3) is 0.433. The van der Waals surface area contributed by atoms with Crippen LogP contribution in [0.1, 0.15) is 52.8 Å². The van der Waals surface area contributed by atoms with Crippen molar-refractivity contribution in [2.45, 2.75) is 71.4 Å². The first-order chi connectivity index (χ1) is 19.2. The number of carbonyl (C=O) groups is 1. The second-order valence-electron chi connectivity index (χ2n) is 11.4. The molecular formula is C30H42N3O6PSi. The zero-order chi connectivity index (χ0) is 30.5. The van der Waals surface area contributed by atoms with E-state index < -0.39 is 27.2 Å². The largest absolute Gasteiger partial charge is 0.544 e. The molecule has 9 nitrogen and oxygen atoms in total. The van der Waals surface area contributed by atoms with Gasteiger partial charge in [-0.05, 0) is 68.7 Å². The molecule has 1 atom stereocenters. The third-order valence-corrected chi connectivity index (χ3v) is 14.3. The van der Waals surface area contributed by atoms with Gasteiger partial charge in [0.05, 0.1) is 30.8 Å². The van der Waals surface area contributed by atoms with Crippen molar-refractivity contribution in [3.63, 3.8) is 0 Å². The summed E-state index contributed by atoms with van der Waals surface area (Å²) in [5.41, 5.74) is 2.88. The first-order valence-corrected chi connectivity index (χ1v) is 18.2. The molecule has 0 spiro atoms. The Morgan fingerprint density at radius 1 is 0.976 bits per heavy atom. The quantitative estimate of drug-likeness (QED) is 0.151. The SMILES string of the molecule is CCOP(=O)(OCC)C(C)(Nc1ncc(-c2ccc(O[Si](C)(C)C(C)(C)C)cc2)nc1Cc1ccccc1)C(=O)O. The van der Waals surface area contributed by atoms with E-state index in [0.29, 0.717) is 17.8 Å². The lowest BCUT2D eigenvalue weighted by Gasteiger charge is -2.36. The number of anilines is 1. The number of nitrogens with one attached hydrogen (secondary N) is 1. The van der Waals surface area contributed by atoms with Crippen LogP contribution in [0.2, 0.25) is 18.1 Å². The molecule has 2 aromatic carbocycles. The van der Waals surface area contributed by atoms with Gasteiger partial charge in [0.2, 0.25) is 13.6 Å².